The highest BCUT2D eigenvalue weighted by molar-refractivity contribution is 5.53. The van der Waals surface area contributed by atoms with E-state index in [-0.39, 0.29) is 11.5 Å². The van der Waals surface area contributed by atoms with Crippen molar-refractivity contribution in [3.8, 4) is 11.4 Å². The summed E-state index contributed by atoms with van der Waals surface area (Å²) < 4.78 is 7.80. The van der Waals surface area contributed by atoms with Crippen molar-refractivity contribution in [1.29, 1.82) is 0 Å². The van der Waals surface area contributed by atoms with Crippen LogP contribution in [-0.2, 0) is 24.7 Å². The Balaban J connectivity index is 1.43. The van der Waals surface area contributed by atoms with Crippen molar-refractivity contribution in [2.24, 2.45) is 5.92 Å². The van der Waals surface area contributed by atoms with E-state index in [2.05, 4.69) is 59.0 Å². The molecule has 3 aliphatic carbocycles. The number of para-hydroxylation sites is 1. The number of hydrogen-bond acceptors (Lipinski definition) is 4. The zero-order chi connectivity index (χ0) is 23.1. The van der Waals surface area contributed by atoms with Gasteiger partial charge in [-0.15, -0.1) is 0 Å². The van der Waals surface area contributed by atoms with Crippen LogP contribution in [0, 0.1) is 12.8 Å². The molecule has 7 rings (SSSR count). The number of rotatable bonds is 4. The summed E-state index contributed by atoms with van der Waals surface area (Å²) in [5.41, 5.74) is 6.18. The summed E-state index contributed by atoms with van der Waals surface area (Å²) in [6.07, 6.45) is 6.03. The van der Waals surface area contributed by atoms with Gasteiger partial charge in [-0.05, 0) is 86.0 Å². The smallest absolute Gasteiger partial charge is 0.119 e. The fourth-order valence-corrected chi connectivity index (χ4v) is 7.34. The van der Waals surface area contributed by atoms with E-state index in [0.29, 0.717) is 6.42 Å². The molecular formula is C29H33N3O2. The molecule has 0 spiro atoms. The molecular weight excluding hydrogens is 422 g/mol. The summed E-state index contributed by atoms with van der Waals surface area (Å²) in [6, 6.07) is 17.2. The van der Waals surface area contributed by atoms with E-state index < -0.39 is 5.60 Å². The first-order chi connectivity index (χ1) is 16.5. The zero-order valence-corrected chi connectivity index (χ0v) is 20.1. The second-order valence-electron chi connectivity index (χ2n) is 11.0. The van der Waals surface area contributed by atoms with Crippen LogP contribution < -0.4 is 4.74 Å². The standard InChI is InChI=1S/C29H33N3O2/c1-19-24-16-29(33)27-14-21-10-11-23(34-2)15-25(21)28(29,12-13-31(27)18-20-8-9-20)17-26(24)32(30-19)22-6-4-3-5-7-22/h3-7,10-11,15,20,27,33H,8-9,12-14,16-18H2,1-2H3/t27?,28-,29-/m1/s1. The molecule has 176 valence electrons. The summed E-state index contributed by atoms with van der Waals surface area (Å²) in [7, 11) is 1.74. The molecule has 0 radical (unpaired) electrons. The van der Waals surface area contributed by atoms with E-state index in [1.165, 1.54) is 35.2 Å². The normalized spacial score (nSPS) is 29.8. The summed E-state index contributed by atoms with van der Waals surface area (Å²) in [5.74, 6) is 1.70. The molecule has 1 aliphatic heterocycles. The fraction of sp³-hybridized carbons (Fsp3) is 0.483. The van der Waals surface area contributed by atoms with Gasteiger partial charge in [-0.3, -0.25) is 4.90 Å². The lowest BCUT2D eigenvalue weighted by Gasteiger charge is -2.63. The maximum Gasteiger partial charge on any atom is 0.119 e. The van der Waals surface area contributed by atoms with Crippen molar-refractivity contribution in [2.75, 3.05) is 20.2 Å². The number of methoxy groups -OCH3 is 1. The Kier molecular flexibility index (Phi) is 4.38. The maximum atomic E-state index is 12.8. The number of ether oxygens (including phenoxy) is 1. The van der Waals surface area contributed by atoms with Crippen LogP contribution in [0.3, 0.4) is 0 Å². The number of piperidine rings is 1. The largest absolute Gasteiger partial charge is 0.497 e. The van der Waals surface area contributed by atoms with Crippen LogP contribution in [0.1, 0.15) is 47.3 Å². The van der Waals surface area contributed by atoms with Gasteiger partial charge in [0.15, 0.2) is 0 Å². The van der Waals surface area contributed by atoms with Crippen LogP contribution in [0.2, 0.25) is 0 Å². The van der Waals surface area contributed by atoms with Crippen molar-refractivity contribution in [3.63, 3.8) is 0 Å². The third-order valence-electron chi connectivity index (χ3n) is 9.29. The first kappa shape index (κ1) is 20.7. The average molecular weight is 456 g/mol. The number of aryl methyl sites for hydroxylation is 1. The average Bonchev–Trinajstić information content (AvgIpc) is 3.62. The Morgan fingerprint density at radius 1 is 1.12 bits per heavy atom. The second kappa shape index (κ2) is 7.19. The maximum absolute atomic E-state index is 12.8. The Morgan fingerprint density at radius 2 is 1.94 bits per heavy atom. The van der Waals surface area contributed by atoms with E-state index in [0.717, 1.165) is 55.4 Å². The molecule has 1 unspecified atom stereocenters. The summed E-state index contributed by atoms with van der Waals surface area (Å²) >= 11 is 0. The van der Waals surface area contributed by atoms with Gasteiger partial charge in [0.2, 0.25) is 0 Å². The molecule has 2 heterocycles. The van der Waals surface area contributed by atoms with Crippen LogP contribution in [0.5, 0.6) is 5.75 Å². The molecule has 3 aromatic rings. The third kappa shape index (κ3) is 2.77. The molecule has 5 heteroatoms. The monoisotopic (exact) mass is 455 g/mol. The van der Waals surface area contributed by atoms with E-state index in [4.69, 9.17) is 9.84 Å². The highest BCUT2D eigenvalue weighted by atomic mass is 16.5. The summed E-state index contributed by atoms with van der Waals surface area (Å²) in [6.45, 7) is 4.29. The lowest BCUT2D eigenvalue weighted by atomic mass is 9.49. The highest BCUT2D eigenvalue weighted by Gasteiger charge is 2.65. The number of benzene rings is 2. The molecule has 1 saturated carbocycles. The van der Waals surface area contributed by atoms with Crippen molar-refractivity contribution >= 4 is 0 Å². The first-order valence-electron chi connectivity index (χ1n) is 12.8. The van der Waals surface area contributed by atoms with Crippen molar-refractivity contribution < 1.29 is 9.84 Å². The quantitative estimate of drug-likeness (QED) is 0.646. The number of likely N-dealkylation sites (tertiary alicyclic amines) is 1. The van der Waals surface area contributed by atoms with Crippen LogP contribution in [0.4, 0.5) is 0 Å². The molecule has 1 saturated heterocycles. The Bertz CT molecular complexity index is 1260. The number of fused-ring (bicyclic) bond motifs is 2. The van der Waals surface area contributed by atoms with Gasteiger partial charge in [0.05, 0.1) is 24.1 Å². The van der Waals surface area contributed by atoms with Gasteiger partial charge in [0.1, 0.15) is 5.75 Å². The molecule has 3 atom stereocenters. The lowest BCUT2D eigenvalue weighted by Crippen LogP contribution is -2.74. The minimum Gasteiger partial charge on any atom is -0.497 e. The van der Waals surface area contributed by atoms with Gasteiger partial charge in [-0.1, -0.05) is 24.3 Å². The van der Waals surface area contributed by atoms with E-state index in [1.807, 2.05) is 6.07 Å². The molecule has 34 heavy (non-hydrogen) atoms. The Hall–Kier alpha value is -2.63. The Morgan fingerprint density at radius 3 is 2.71 bits per heavy atom. The van der Waals surface area contributed by atoms with E-state index in [9.17, 15) is 5.11 Å². The van der Waals surface area contributed by atoms with Crippen LogP contribution in [-0.4, -0.2) is 51.6 Å². The molecule has 1 aromatic heterocycles. The van der Waals surface area contributed by atoms with Gasteiger partial charge in [-0.25, -0.2) is 4.68 Å². The topological polar surface area (TPSA) is 50.5 Å². The highest BCUT2D eigenvalue weighted by Crippen LogP contribution is 2.58. The number of nitrogens with zero attached hydrogens (tertiary/aromatic N) is 3. The van der Waals surface area contributed by atoms with Gasteiger partial charge < -0.3 is 9.84 Å². The molecule has 0 amide bonds. The summed E-state index contributed by atoms with van der Waals surface area (Å²) in [5, 5.41) is 17.8. The second-order valence-corrected chi connectivity index (χ2v) is 11.0. The molecule has 5 nitrogen and oxygen atoms in total. The van der Waals surface area contributed by atoms with Gasteiger partial charge in [0, 0.05) is 36.5 Å². The van der Waals surface area contributed by atoms with Crippen LogP contribution in [0.15, 0.2) is 48.5 Å². The zero-order valence-electron chi connectivity index (χ0n) is 20.1. The van der Waals surface area contributed by atoms with E-state index >= 15 is 0 Å². The van der Waals surface area contributed by atoms with Crippen LogP contribution >= 0.6 is 0 Å². The number of aliphatic hydroxyl groups is 1. The van der Waals surface area contributed by atoms with Gasteiger partial charge >= 0.3 is 0 Å². The number of hydrogen-bond donors (Lipinski definition) is 1. The van der Waals surface area contributed by atoms with Gasteiger partial charge in [-0.2, -0.15) is 5.10 Å². The van der Waals surface area contributed by atoms with E-state index in [1.54, 1.807) is 7.11 Å². The van der Waals surface area contributed by atoms with Crippen molar-refractivity contribution in [2.45, 2.75) is 62.5 Å². The number of aromatic nitrogens is 2. The first-order valence-corrected chi connectivity index (χ1v) is 12.8. The Labute approximate surface area is 201 Å². The molecule has 4 aliphatic rings. The lowest BCUT2D eigenvalue weighted by molar-refractivity contribution is -0.152. The third-order valence-corrected chi connectivity index (χ3v) is 9.29. The van der Waals surface area contributed by atoms with Crippen molar-refractivity contribution in [3.05, 3.63) is 76.6 Å². The fourth-order valence-electron chi connectivity index (χ4n) is 7.34. The predicted molar refractivity (Wildman–Crippen MR) is 132 cm³/mol. The molecule has 2 aromatic carbocycles. The predicted octanol–water partition coefficient (Wildman–Crippen LogP) is 4.00. The molecule has 2 bridgehead atoms. The minimum atomic E-state index is -0.804. The SMILES string of the molecule is COc1ccc2c(c1)[C@]13CCN(CC4CC4)C(C2)[C@]1(O)Cc1c(C)nn(-c2ccccc2)c1C3. The van der Waals surface area contributed by atoms with Crippen LogP contribution in [0.25, 0.3) is 5.69 Å². The minimum absolute atomic E-state index is 0.148. The molecule has 1 N–H and O–H groups in total. The molecule has 2 fully saturated rings. The van der Waals surface area contributed by atoms with Gasteiger partial charge in [0.25, 0.3) is 0 Å². The summed E-state index contributed by atoms with van der Waals surface area (Å²) in [4.78, 5) is 2.63. The van der Waals surface area contributed by atoms with Crippen molar-refractivity contribution in [1.82, 2.24) is 14.7 Å².